The number of hydrogen-bond donors (Lipinski definition) is 2. The second kappa shape index (κ2) is 2.45. The molecule has 3 nitrogen and oxygen atoms in total. The largest absolute Gasteiger partial charge is 0.388 e. The first-order valence-electron chi connectivity index (χ1n) is 4.57. The summed E-state index contributed by atoms with van der Waals surface area (Å²) in [4.78, 5) is 0. The summed E-state index contributed by atoms with van der Waals surface area (Å²) in [6.07, 6.45) is 3.25. The van der Waals surface area contributed by atoms with E-state index in [1.54, 1.807) is 0 Å². The highest BCUT2D eigenvalue weighted by atomic mass is 16.3. The lowest BCUT2D eigenvalue weighted by Gasteiger charge is -2.36. The molecular weight excluding hydrogens is 152 g/mol. The molecule has 1 saturated carbocycles. The standard InChI is InChI=1S/C9H14N2O/c10-7-8(1-2-8)9(12)3-5-11-6-4-9/h11-12H,1-6H2. The van der Waals surface area contributed by atoms with Crippen molar-refractivity contribution in [1.29, 1.82) is 5.26 Å². The number of hydrogen-bond acceptors (Lipinski definition) is 3. The van der Waals surface area contributed by atoms with E-state index in [9.17, 15) is 5.11 Å². The summed E-state index contributed by atoms with van der Waals surface area (Å²) in [6.45, 7) is 1.69. The van der Waals surface area contributed by atoms with Crippen LogP contribution in [0.3, 0.4) is 0 Å². The van der Waals surface area contributed by atoms with Crippen molar-refractivity contribution in [3.8, 4) is 6.07 Å². The van der Waals surface area contributed by atoms with Gasteiger partial charge >= 0.3 is 0 Å². The van der Waals surface area contributed by atoms with Crippen LogP contribution in [0.1, 0.15) is 25.7 Å². The highest BCUT2D eigenvalue weighted by Crippen LogP contribution is 2.56. The van der Waals surface area contributed by atoms with Crippen LogP contribution in [0.5, 0.6) is 0 Å². The van der Waals surface area contributed by atoms with Gasteiger partial charge in [0.2, 0.25) is 0 Å². The lowest BCUT2D eigenvalue weighted by molar-refractivity contribution is -0.0357. The number of aliphatic hydroxyl groups is 1. The molecule has 0 bridgehead atoms. The zero-order valence-electron chi connectivity index (χ0n) is 7.14. The number of piperidine rings is 1. The Morgan fingerprint density at radius 2 is 1.75 bits per heavy atom. The molecule has 3 heteroatoms. The summed E-state index contributed by atoms with van der Waals surface area (Å²) in [5.41, 5.74) is -1.07. The van der Waals surface area contributed by atoms with Gasteiger partial charge in [-0.2, -0.15) is 5.26 Å². The fourth-order valence-electron chi connectivity index (χ4n) is 2.13. The van der Waals surface area contributed by atoms with Gasteiger partial charge in [-0.25, -0.2) is 0 Å². The van der Waals surface area contributed by atoms with Crippen LogP contribution >= 0.6 is 0 Å². The fourth-order valence-corrected chi connectivity index (χ4v) is 2.13. The molecule has 1 aliphatic heterocycles. The highest BCUT2D eigenvalue weighted by Gasteiger charge is 2.59. The van der Waals surface area contributed by atoms with Crippen molar-refractivity contribution < 1.29 is 5.11 Å². The van der Waals surface area contributed by atoms with Crippen LogP contribution in [0, 0.1) is 16.7 Å². The predicted molar refractivity (Wildman–Crippen MR) is 44.3 cm³/mol. The van der Waals surface area contributed by atoms with E-state index in [2.05, 4.69) is 11.4 Å². The number of nitrogens with one attached hydrogen (secondary N) is 1. The average Bonchev–Trinajstić information content (AvgIpc) is 2.86. The smallest absolute Gasteiger partial charge is 0.0862 e. The molecule has 1 saturated heterocycles. The molecule has 0 spiro atoms. The molecule has 0 atom stereocenters. The molecule has 0 amide bonds. The quantitative estimate of drug-likeness (QED) is 0.593. The van der Waals surface area contributed by atoms with Crippen LogP contribution in [0.2, 0.25) is 0 Å². The van der Waals surface area contributed by atoms with Crippen LogP contribution in [-0.4, -0.2) is 23.8 Å². The van der Waals surface area contributed by atoms with Gasteiger partial charge in [0.1, 0.15) is 0 Å². The summed E-state index contributed by atoms with van der Waals surface area (Å²) < 4.78 is 0. The number of rotatable bonds is 1. The zero-order valence-corrected chi connectivity index (χ0v) is 7.14. The molecule has 0 unspecified atom stereocenters. The Morgan fingerprint density at radius 3 is 2.17 bits per heavy atom. The van der Waals surface area contributed by atoms with E-state index >= 15 is 0 Å². The third-order valence-electron chi connectivity index (χ3n) is 3.29. The van der Waals surface area contributed by atoms with Crippen LogP contribution in [-0.2, 0) is 0 Å². The van der Waals surface area contributed by atoms with Crippen molar-refractivity contribution in [1.82, 2.24) is 5.32 Å². The molecule has 0 aromatic rings. The monoisotopic (exact) mass is 166 g/mol. The fraction of sp³-hybridized carbons (Fsp3) is 0.889. The first-order valence-corrected chi connectivity index (χ1v) is 4.57. The molecule has 0 aromatic heterocycles. The number of nitriles is 1. The molecule has 66 valence electrons. The van der Waals surface area contributed by atoms with Gasteiger partial charge in [0.05, 0.1) is 17.1 Å². The first kappa shape index (κ1) is 8.03. The van der Waals surface area contributed by atoms with Gasteiger partial charge in [0, 0.05) is 0 Å². The second-order valence-electron chi connectivity index (χ2n) is 3.98. The molecule has 2 aliphatic rings. The van der Waals surface area contributed by atoms with E-state index in [-0.39, 0.29) is 5.41 Å². The van der Waals surface area contributed by atoms with E-state index in [1.807, 2.05) is 0 Å². The summed E-state index contributed by atoms with van der Waals surface area (Å²) in [5.74, 6) is 0. The Hall–Kier alpha value is -0.590. The van der Waals surface area contributed by atoms with Crippen molar-refractivity contribution in [3.05, 3.63) is 0 Å². The van der Waals surface area contributed by atoms with Crippen LogP contribution in [0.25, 0.3) is 0 Å². The molecular formula is C9H14N2O. The Balaban J connectivity index is 2.14. The zero-order chi connectivity index (χ0) is 8.66. The van der Waals surface area contributed by atoms with Crippen molar-refractivity contribution in [3.63, 3.8) is 0 Å². The molecule has 0 aromatic carbocycles. The van der Waals surface area contributed by atoms with Crippen LogP contribution in [0.4, 0.5) is 0 Å². The van der Waals surface area contributed by atoms with Gasteiger partial charge in [-0.1, -0.05) is 0 Å². The van der Waals surface area contributed by atoms with Gasteiger partial charge in [0.25, 0.3) is 0 Å². The van der Waals surface area contributed by atoms with Gasteiger partial charge < -0.3 is 10.4 Å². The van der Waals surface area contributed by atoms with Gasteiger partial charge in [0.15, 0.2) is 0 Å². The molecule has 2 rings (SSSR count). The molecule has 12 heavy (non-hydrogen) atoms. The lowest BCUT2D eigenvalue weighted by Crippen LogP contribution is -2.48. The Kier molecular flexibility index (Phi) is 1.64. The normalized spacial score (nSPS) is 30.7. The van der Waals surface area contributed by atoms with Crippen LogP contribution in [0.15, 0.2) is 0 Å². The summed E-state index contributed by atoms with van der Waals surface area (Å²) in [5, 5.41) is 22.3. The van der Waals surface area contributed by atoms with Crippen molar-refractivity contribution in [2.75, 3.05) is 13.1 Å². The molecule has 1 aliphatic carbocycles. The van der Waals surface area contributed by atoms with E-state index < -0.39 is 5.60 Å². The summed E-state index contributed by atoms with van der Waals surface area (Å²) in [6, 6.07) is 2.28. The Bertz CT molecular complexity index is 221. The third-order valence-corrected chi connectivity index (χ3v) is 3.29. The average molecular weight is 166 g/mol. The van der Waals surface area contributed by atoms with E-state index in [0.717, 1.165) is 38.8 Å². The summed E-state index contributed by atoms with van der Waals surface area (Å²) in [7, 11) is 0. The minimum absolute atomic E-state index is 0.380. The number of nitrogens with zero attached hydrogens (tertiary/aromatic N) is 1. The SMILES string of the molecule is N#CC1(C2(O)CCNCC2)CC1. The maximum Gasteiger partial charge on any atom is 0.0862 e. The molecule has 0 radical (unpaired) electrons. The van der Waals surface area contributed by atoms with E-state index in [0.29, 0.717) is 0 Å². The topological polar surface area (TPSA) is 56.0 Å². The third kappa shape index (κ3) is 0.954. The predicted octanol–water partition coefficient (Wildman–Crippen LogP) is 0.405. The lowest BCUT2D eigenvalue weighted by atomic mass is 9.78. The van der Waals surface area contributed by atoms with Gasteiger partial charge in [-0.3, -0.25) is 0 Å². The molecule has 2 fully saturated rings. The summed E-state index contributed by atoms with van der Waals surface area (Å²) >= 11 is 0. The first-order chi connectivity index (χ1) is 5.72. The van der Waals surface area contributed by atoms with Crippen molar-refractivity contribution in [2.45, 2.75) is 31.3 Å². The van der Waals surface area contributed by atoms with Crippen molar-refractivity contribution >= 4 is 0 Å². The Morgan fingerprint density at radius 1 is 1.17 bits per heavy atom. The maximum absolute atomic E-state index is 10.2. The van der Waals surface area contributed by atoms with Gasteiger partial charge in [-0.05, 0) is 38.8 Å². The van der Waals surface area contributed by atoms with E-state index in [4.69, 9.17) is 5.26 Å². The molecule has 1 heterocycles. The second-order valence-corrected chi connectivity index (χ2v) is 3.98. The minimum atomic E-state index is -0.687. The highest BCUT2D eigenvalue weighted by molar-refractivity contribution is 5.21. The van der Waals surface area contributed by atoms with Crippen LogP contribution < -0.4 is 5.32 Å². The van der Waals surface area contributed by atoms with Gasteiger partial charge in [-0.15, -0.1) is 0 Å². The van der Waals surface area contributed by atoms with Crippen molar-refractivity contribution in [2.24, 2.45) is 5.41 Å². The Labute approximate surface area is 72.4 Å². The van der Waals surface area contributed by atoms with E-state index in [1.165, 1.54) is 0 Å². The maximum atomic E-state index is 10.2. The minimum Gasteiger partial charge on any atom is -0.388 e. The molecule has 2 N–H and O–H groups in total.